The molecular formula is C56H109NO3. The van der Waals surface area contributed by atoms with Gasteiger partial charge in [-0.3, -0.25) is 4.79 Å². The molecule has 0 fully saturated rings. The van der Waals surface area contributed by atoms with E-state index in [1.54, 1.807) is 6.08 Å². The summed E-state index contributed by atoms with van der Waals surface area (Å²) in [6.45, 7) is 4.30. The van der Waals surface area contributed by atoms with Gasteiger partial charge < -0.3 is 15.5 Å². The molecule has 0 aliphatic carbocycles. The second-order valence-electron chi connectivity index (χ2n) is 19.0. The van der Waals surface area contributed by atoms with Gasteiger partial charge in [-0.05, 0) is 44.9 Å². The van der Waals surface area contributed by atoms with Crippen LogP contribution in [-0.4, -0.2) is 34.9 Å². The molecule has 4 heteroatoms. The summed E-state index contributed by atoms with van der Waals surface area (Å²) < 4.78 is 0. The van der Waals surface area contributed by atoms with Gasteiger partial charge in [0, 0.05) is 6.42 Å². The van der Waals surface area contributed by atoms with E-state index in [1.807, 2.05) is 6.08 Å². The zero-order chi connectivity index (χ0) is 43.5. The van der Waals surface area contributed by atoms with Gasteiger partial charge in [-0.1, -0.05) is 282 Å². The predicted octanol–water partition coefficient (Wildman–Crippen LogP) is 17.9. The molecule has 0 heterocycles. The molecule has 356 valence electrons. The van der Waals surface area contributed by atoms with Crippen molar-refractivity contribution in [3.05, 3.63) is 24.3 Å². The van der Waals surface area contributed by atoms with Crippen LogP contribution in [0.3, 0.4) is 0 Å². The molecule has 0 aliphatic rings. The number of hydrogen-bond donors (Lipinski definition) is 3. The number of rotatable bonds is 51. The van der Waals surface area contributed by atoms with E-state index in [2.05, 4.69) is 31.3 Å². The number of nitrogens with one attached hydrogen (secondary N) is 1. The second kappa shape index (κ2) is 52.2. The fourth-order valence-corrected chi connectivity index (χ4v) is 8.71. The Kier molecular flexibility index (Phi) is 51.2. The van der Waals surface area contributed by atoms with E-state index in [0.29, 0.717) is 6.42 Å². The Morgan fingerprint density at radius 3 is 0.917 bits per heavy atom. The van der Waals surface area contributed by atoms with Crippen LogP contribution in [0.5, 0.6) is 0 Å². The molecule has 0 aromatic rings. The minimum Gasteiger partial charge on any atom is -0.394 e. The molecule has 0 saturated carbocycles. The molecule has 0 aliphatic heterocycles. The summed E-state index contributed by atoms with van der Waals surface area (Å²) in [6.07, 6.45) is 69.4. The number of unbranched alkanes of at least 4 members (excludes halogenated alkanes) is 42. The maximum absolute atomic E-state index is 12.4. The monoisotopic (exact) mass is 844 g/mol. The maximum atomic E-state index is 12.4. The molecule has 0 rings (SSSR count). The molecule has 0 aromatic carbocycles. The van der Waals surface area contributed by atoms with Gasteiger partial charge in [0.2, 0.25) is 5.91 Å². The molecule has 0 saturated heterocycles. The first-order valence-corrected chi connectivity index (χ1v) is 27.6. The minimum atomic E-state index is -0.833. The highest BCUT2D eigenvalue weighted by Crippen LogP contribution is 2.17. The van der Waals surface area contributed by atoms with Crippen molar-refractivity contribution in [3.8, 4) is 0 Å². The van der Waals surface area contributed by atoms with Gasteiger partial charge in [0.1, 0.15) is 0 Å². The van der Waals surface area contributed by atoms with Crippen molar-refractivity contribution in [2.24, 2.45) is 0 Å². The number of aliphatic hydroxyl groups excluding tert-OH is 2. The molecule has 0 bridgehead atoms. The molecule has 2 unspecified atom stereocenters. The van der Waals surface area contributed by atoms with Crippen molar-refractivity contribution in [2.75, 3.05) is 6.61 Å². The maximum Gasteiger partial charge on any atom is 0.220 e. The third-order valence-electron chi connectivity index (χ3n) is 12.9. The molecule has 0 radical (unpaired) electrons. The average molecular weight is 844 g/mol. The number of carbonyl (C=O) groups is 1. The van der Waals surface area contributed by atoms with E-state index in [1.165, 1.54) is 263 Å². The Labute approximate surface area is 377 Å². The Morgan fingerprint density at radius 1 is 0.383 bits per heavy atom. The van der Waals surface area contributed by atoms with Gasteiger partial charge in [-0.15, -0.1) is 0 Å². The minimum absolute atomic E-state index is 0.0611. The van der Waals surface area contributed by atoms with Gasteiger partial charge in [0.25, 0.3) is 0 Å². The molecule has 0 aromatic heterocycles. The first kappa shape index (κ1) is 58.9. The summed E-state index contributed by atoms with van der Waals surface area (Å²) >= 11 is 0. The van der Waals surface area contributed by atoms with Crippen LogP contribution in [0.2, 0.25) is 0 Å². The summed E-state index contributed by atoms with van der Waals surface area (Å²) in [5, 5.41) is 22.9. The third-order valence-corrected chi connectivity index (χ3v) is 12.9. The van der Waals surface area contributed by atoms with Gasteiger partial charge in [0.15, 0.2) is 0 Å². The topological polar surface area (TPSA) is 69.6 Å². The number of carbonyl (C=O) groups excluding carboxylic acids is 1. The number of amides is 1. The van der Waals surface area contributed by atoms with Crippen LogP contribution in [0.4, 0.5) is 0 Å². The van der Waals surface area contributed by atoms with Crippen LogP contribution in [-0.2, 0) is 4.79 Å². The normalized spacial score (nSPS) is 12.9. The van der Waals surface area contributed by atoms with E-state index < -0.39 is 12.1 Å². The van der Waals surface area contributed by atoms with Crippen LogP contribution in [0.15, 0.2) is 24.3 Å². The van der Waals surface area contributed by atoms with Crippen molar-refractivity contribution in [2.45, 2.75) is 321 Å². The standard InChI is InChI=1S/C56H109NO3/c1-3-5-7-9-11-13-14-15-16-17-18-19-20-21-22-23-24-25-26-27-28-29-30-31-32-33-34-35-36-37-38-39-40-41-42-44-46-48-50-52-56(60)57-54(53-58)55(59)51-49-47-45-43-12-10-8-6-4-2/h17-18,49,51,54-55,58-59H,3-16,19-48,50,52-53H2,1-2H3,(H,57,60)/b18-17-,51-49+. The lowest BCUT2D eigenvalue weighted by molar-refractivity contribution is -0.123. The first-order valence-electron chi connectivity index (χ1n) is 27.6. The fourth-order valence-electron chi connectivity index (χ4n) is 8.71. The number of aliphatic hydroxyl groups is 2. The molecule has 3 N–H and O–H groups in total. The Bertz CT molecular complexity index is 871. The van der Waals surface area contributed by atoms with Gasteiger partial charge in [-0.2, -0.15) is 0 Å². The lowest BCUT2D eigenvalue weighted by Gasteiger charge is -2.20. The third kappa shape index (κ3) is 47.9. The first-order chi connectivity index (χ1) is 29.7. The van der Waals surface area contributed by atoms with E-state index in [-0.39, 0.29) is 12.5 Å². The van der Waals surface area contributed by atoms with Crippen LogP contribution in [0, 0.1) is 0 Å². The number of allylic oxidation sites excluding steroid dienone is 3. The molecular weight excluding hydrogens is 735 g/mol. The number of hydrogen-bond acceptors (Lipinski definition) is 3. The summed E-state index contributed by atoms with van der Waals surface area (Å²) in [5.74, 6) is -0.0611. The molecule has 4 nitrogen and oxygen atoms in total. The van der Waals surface area contributed by atoms with Crippen molar-refractivity contribution in [1.82, 2.24) is 5.32 Å². The van der Waals surface area contributed by atoms with E-state index in [0.717, 1.165) is 25.7 Å². The lowest BCUT2D eigenvalue weighted by Crippen LogP contribution is -2.45. The highest BCUT2D eigenvalue weighted by atomic mass is 16.3. The van der Waals surface area contributed by atoms with E-state index >= 15 is 0 Å². The van der Waals surface area contributed by atoms with Crippen molar-refractivity contribution < 1.29 is 15.0 Å². The van der Waals surface area contributed by atoms with E-state index in [4.69, 9.17) is 0 Å². The zero-order valence-electron chi connectivity index (χ0n) is 41.0. The molecule has 1 amide bonds. The van der Waals surface area contributed by atoms with Crippen molar-refractivity contribution >= 4 is 5.91 Å². The quantitative estimate of drug-likeness (QED) is 0.0422. The summed E-state index contributed by atoms with van der Waals surface area (Å²) in [4.78, 5) is 12.4. The van der Waals surface area contributed by atoms with E-state index in [9.17, 15) is 15.0 Å². The van der Waals surface area contributed by atoms with Crippen molar-refractivity contribution in [1.29, 1.82) is 0 Å². The van der Waals surface area contributed by atoms with Gasteiger partial charge in [0.05, 0.1) is 18.8 Å². The highest BCUT2D eigenvalue weighted by Gasteiger charge is 2.18. The van der Waals surface area contributed by atoms with Crippen LogP contribution in [0.1, 0.15) is 309 Å². The van der Waals surface area contributed by atoms with Crippen LogP contribution < -0.4 is 5.32 Å². The van der Waals surface area contributed by atoms with Crippen LogP contribution in [0.25, 0.3) is 0 Å². The lowest BCUT2D eigenvalue weighted by atomic mass is 10.0. The summed E-state index contributed by atoms with van der Waals surface area (Å²) in [6, 6.07) is -0.616. The summed E-state index contributed by atoms with van der Waals surface area (Å²) in [7, 11) is 0. The molecule has 0 spiro atoms. The molecule has 60 heavy (non-hydrogen) atoms. The molecule has 2 atom stereocenters. The highest BCUT2D eigenvalue weighted by molar-refractivity contribution is 5.76. The SMILES string of the molecule is CCCCCCCCC/C=C/C(O)C(CO)NC(=O)CCCCCCCCCCCCCCCCCCCCCCCCCCCCC/C=C\CCCCCCCCCC. The van der Waals surface area contributed by atoms with Gasteiger partial charge in [-0.25, -0.2) is 0 Å². The van der Waals surface area contributed by atoms with Crippen LogP contribution >= 0.6 is 0 Å². The predicted molar refractivity (Wildman–Crippen MR) is 267 cm³/mol. The average Bonchev–Trinajstić information content (AvgIpc) is 3.25. The second-order valence-corrected chi connectivity index (χ2v) is 19.0. The Morgan fingerprint density at radius 2 is 0.633 bits per heavy atom. The fraction of sp³-hybridized carbons (Fsp3) is 0.911. The smallest absolute Gasteiger partial charge is 0.220 e. The van der Waals surface area contributed by atoms with Crippen molar-refractivity contribution in [3.63, 3.8) is 0 Å². The Hall–Kier alpha value is -1.13. The van der Waals surface area contributed by atoms with Gasteiger partial charge >= 0.3 is 0 Å². The largest absolute Gasteiger partial charge is 0.394 e. The summed E-state index contributed by atoms with van der Waals surface area (Å²) in [5.41, 5.74) is 0. The zero-order valence-corrected chi connectivity index (χ0v) is 41.0. The Balaban J connectivity index is 3.32.